The number of nitrogens with zero attached hydrogens (tertiary/aromatic N) is 1. The molecule has 0 bridgehead atoms. The molecule has 2 N–H and O–H groups in total. The zero-order valence-electron chi connectivity index (χ0n) is 11.7. The van der Waals surface area contributed by atoms with Gasteiger partial charge >= 0.3 is 5.97 Å². The lowest BCUT2D eigenvalue weighted by atomic mass is 9.86. The third-order valence-electron chi connectivity index (χ3n) is 3.99. The summed E-state index contributed by atoms with van der Waals surface area (Å²) in [6, 6.07) is 8.63. The van der Waals surface area contributed by atoms with E-state index in [0.29, 0.717) is 6.04 Å². The van der Waals surface area contributed by atoms with Crippen molar-refractivity contribution >= 4 is 23.0 Å². The normalized spacial score (nSPS) is 21.9. The van der Waals surface area contributed by atoms with Gasteiger partial charge in [0.15, 0.2) is 0 Å². The van der Waals surface area contributed by atoms with Crippen molar-refractivity contribution in [2.45, 2.75) is 31.7 Å². The second-order valence-corrected chi connectivity index (χ2v) is 6.34. The van der Waals surface area contributed by atoms with Gasteiger partial charge in [-0.1, -0.05) is 12.1 Å². The number of carboxylic acid groups (broad SMARTS) is 1. The number of hydrogen-bond acceptors (Lipinski definition) is 4. The molecule has 3 rings (SSSR count). The average molecular weight is 302 g/mol. The van der Waals surface area contributed by atoms with Crippen molar-refractivity contribution in [2.75, 3.05) is 5.32 Å². The average Bonchev–Trinajstić information content (AvgIpc) is 3.02. The summed E-state index contributed by atoms with van der Waals surface area (Å²) in [5.41, 5.74) is 2.20. The molecule has 0 aliphatic heterocycles. The Morgan fingerprint density at radius 3 is 2.76 bits per heavy atom. The van der Waals surface area contributed by atoms with Crippen molar-refractivity contribution in [2.24, 2.45) is 5.92 Å². The van der Waals surface area contributed by atoms with Crippen molar-refractivity contribution in [1.82, 2.24) is 4.98 Å². The molecule has 1 heterocycles. The van der Waals surface area contributed by atoms with Gasteiger partial charge in [0.1, 0.15) is 5.01 Å². The van der Waals surface area contributed by atoms with Crippen LogP contribution in [0.4, 0.5) is 5.69 Å². The Morgan fingerprint density at radius 2 is 2.10 bits per heavy atom. The fraction of sp³-hybridized carbons (Fsp3) is 0.375. The fourth-order valence-electron chi connectivity index (χ4n) is 2.83. The number of aliphatic carboxylic acids is 1. The maximum absolute atomic E-state index is 11.0. The van der Waals surface area contributed by atoms with Crippen molar-refractivity contribution in [3.8, 4) is 10.6 Å². The summed E-state index contributed by atoms with van der Waals surface area (Å²) in [5, 5.41) is 15.6. The van der Waals surface area contributed by atoms with Crippen molar-refractivity contribution in [3.05, 3.63) is 35.8 Å². The third kappa shape index (κ3) is 3.42. The van der Waals surface area contributed by atoms with Crippen molar-refractivity contribution in [1.29, 1.82) is 0 Å². The van der Waals surface area contributed by atoms with E-state index in [-0.39, 0.29) is 5.92 Å². The Bertz CT molecular complexity index is 604. The molecule has 1 aliphatic rings. The molecule has 1 aliphatic carbocycles. The van der Waals surface area contributed by atoms with Crippen LogP contribution in [0.25, 0.3) is 10.6 Å². The topological polar surface area (TPSA) is 62.2 Å². The lowest BCUT2D eigenvalue weighted by Gasteiger charge is -2.27. The molecule has 5 heteroatoms. The van der Waals surface area contributed by atoms with Gasteiger partial charge in [0.2, 0.25) is 0 Å². The van der Waals surface area contributed by atoms with Gasteiger partial charge < -0.3 is 10.4 Å². The molecule has 2 aromatic rings. The van der Waals surface area contributed by atoms with E-state index in [1.54, 1.807) is 11.3 Å². The van der Waals surface area contributed by atoms with Gasteiger partial charge in [-0.15, -0.1) is 11.3 Å². The van der Waals surface area contributed by atoms with Crippen LogP contribution in [0.15, 0.2) is 35.8 Å². The molecule has 1 aromatic carbocycles. The molecular formula is C16H18N2O2S. The second kappa shape index (κ2) is 6.26. The summed E-state index contributed by atoms with van der Waals surface area (Å²) < 4.78 is 0. The smallest absolute Gasteiger partial charge is 0.306 e. The third-order valence-corrected chi connectivity index (χ3v) is 4.81. The molecular weight excluding hydrogens is 284 g/mol. The Hall–Kier alpha value is -1.88. The van der Waals surface area contributed by atoms with Crippen LogP contribution in [0.3, 0.4) is 0 Å². The highest BCUT2D eigenvalue weighted by atomic mass is 32.1. The highest BCUT2D eigenvalue weighted by molar-refractivity contribution is 7.13. The predicted molar refractivity (Wildman–Crippen MR) is 84.6 cm³/mol. The van der Waals surface area contributed by atoms with Crippen LogP contribution in [0, 0.1) is 5.92 Å². The Labute approximate surface area is 127 Å². The zero-order chi connectivity index (χ0) is 14.7. The van der Waals surface area contributed by atoms with Gasteiger partial charge in [0.05, 0.1) is 5.92 Å². The van der Waals surface area contributed by atoms with E-state index in [1.165, 1.54) is 0 Å². The van der Waals surface area contributed by atoms with Crippen LogP contribution in [-0.4, -0.2) is 22.1 Å². The Balaban J connectivity index is 1.64. The number of nitrogens with one attached hydrogen (secondary N) is 1. The number of hydrogen-bond donors (Lipinski definition) is 2. The number of carbonyl (C=O) groups is 1. The van der Waals surface area contributed by atoms with E-state index in [0.717, 1.165) is 41.9 Å². The number of thiazole rings is 1. The van der Waals surface area contributed by atoms with Crippen LogP contribution in [0.2, 0.25) is 0 Å². The minimum absolute atomic E-state index is 0.162. The maximum Gasteiger partial charge on any atom is 0.306 e. The Kier molecular flexibility index (Phi) is 4.20. The van der Waals surface area contributed by atoms with E-state index < -0.39 is 5.97 Å². The highest BCUT2D eigenvalue weighted by Gasteiger charge is 2.25. The minimum atomic E-state index is -0.654. The molecule has 21 heavy (non-hydrogen) atoms. The molecule has 0 spiro atoms. The highest BCUT2D eigenvalue weighted by Crippen LogP contribution is 2.29. The number of anilines is 1. The van der Waals surface area contributed by atoms with Gasteiger partial charge in [-0.05, 0) is 37.8 Å². The molecule has 0 unspecified atom stereocenters. The van der Waals surface area contributed by atoms with E-state index in [4.69, 9.17) is 5.11 Å². The van der Waals surface area contributed by atoms with Gasteiger partial charge in [0.25, 0.3) is 0 Å². The molecule has 110 valence electrons. The lowest BCUT2D eigenvalue weighted by Crippen LogP contribution is -2.29. The summed E-state index contributed by atoms with van der Waals surface area (Å²) >= 11 is 1.63. The zero-order valence-corrected chi connectivity index (χ0v) is 12.5. The second-order valence-electron chi connectivity index (χ2n) is 5.45. The van der Waals surface area contributed by atoms with E-state index in [2.05, 4.69) is 28.5 Å². The first-order valence-corrected chi connectivity index (χ1v) is 8.09. The molecule has 0 radical (unpaired) electrons. The molecule has 1 aromatic heterocycles. The van der Waals surface area contributed by atoms with Crippen LogP contribution >= 0.6 is 11.3 Å². The molecule has 0 amide bonds. The van der Waals surface area contributed by atoms with Crippen molar-refractivity contribution < 1.29 is 9.90 Å². The first-order chi connectivity index (χ1) is 10.2. The van der Waals surface area contributed by atoms with Crippen LogP contribution in [0.1, 0.15) is 25.7 Å². The largest absolute Gasteiger partial charge is 0.481 e. The predicted octanol–water partition coefficient (Wildman–Crippen LogP) is 3.87. The number of rotatable bonds is 4. The first-order valence-electron chi connectivity index (χ1n) is 7.21. The van der Waals surface area contributed by atoms with E-state index in [1.807, 2.05) is 17.6 Å². The Morgan fingerprint density at radius 1 is 1.29 bits per heavy atom. The van der Waals surface area contributed by atoms with Gasteiger partial charge in [-0.3, -0.25) is 4.79 Å². The van der Waals surface area contributed by atoms with Gasteiger partial charge in [0, 0.05) is 28.9 Å². The van der Waals surface area contributed by atoms with E-state index in [9.17, 15) is 4.79 Å². The molecule has 1 saturated carbocycles. The standard InChI is InChI=1S/C16H18N2O2S/c19-16(20)11-4-6-13(7-5-11)18-14-3-1-2-12(10-14)15-17-8-9-21-15/h1-3,8-11,13,18H,4-7H2,(H,19,20). The lowest BCUT2D eigenvalue weighted by molar-refractivity contribution is -0.142. The van der Waals surface area contributed by atoms with Gasteiger partial charge in [-0.2, -0.15) is 0 Å². The number of carboxylic acids is 1. The summed E-state index contributed by atoms with van der Waals surface area (Å²) in [7, 11) is 0. The SMILES string of the molecule is O=C(O)C1CCC(Nc2cccc(-c3nccs3)c2)CC1. The van der Waals surface area contributed by atoms with Gasteiger partial charge in [-0.25, -0.2) is 4.98 Å². The number of benzene rings is 1. The molecule has 1 fully saturated rings. The fourth-order valence-corrected chi connectivity index (χ4v) is 3.46. The quantitative estimate of drug-likeness (QED) is 0.900. The summed E-state index contributed by atoms with van der Waals surface area (Å²) in [5.74, 6) is -0.816. The van der Waals surface area contributed by atoms with Crippen LogP contribution < -0.4 is 5.32 Å². The summed E-state index contributed by atoms with van der Waals surface area (Å²) in [6.07, 6.45) is 5.17. The van der Waals surface area contributed by atoms with Crippen LogP contribution in [-0.2, 0) is 4.79 Å². The minimum Gasteiger partial charge on any atom is -0.481 e. The summed E-state index contributed by atoms with van der Waals surface area (Å²) in [6.45, 7) is 0. The van der Waals surface area contributed by atoms with Crippen molar-refractivity contribution in [3.63, 3.8) is 0 Å². The molecule has 0 atom stereocenters. The molecule has 4 nitrogen and oxygen atoms in total. The monoisotopic (exact) mass is 302 g/mol. The summed E-state index contributed by atoms with van der Waals surface area (Å²) in [4.78, 5) is 15.3. The van der Waals surface area contributed by atoms with E-state index >= 15 is 0 Å². The maximum atomic E-state index is 11.0. The molecule has 0 saturated heterocycles. The first kappa shape index (κ1) is 14.1. The number of aromatic nitrogens is 1. The van der Waals surface area contributed by atoms with Crippen LogP contribution in [0.5, 0.6) is 0 Å².